The number of rotatable bonds is 4. The van der Waals surface area contributed by atoms with Crippen molar-refractivity contribution in [3.05, 3.63) is 42.4 Å². The second-order valence-electron chi connectivity index (χ2n) is 5.40. The van der Waals surface area contributed by atoms with E-state index in [0.717, 1.165) is 25.3 Å². The van der Waals surface area contributed by atoms with Crippen molar-refractivity contribution in [2.24, 2.45) is 0 Å². The zero-order valence-electron chi connectivity index (χ0n) is 11.4. The Balaban J connectivity index is 1.75. The van der Waals surface area contributed by atoms with Gasteiger partial charge in [-0.25, -0.2) is 4.98 Å². The molecule has 2 atom stereocenters. The Labute approximate surface area is 113 Å². The van der Waals surface area contributed by atoms with Crippen molar-refractivity contribution in [3.8, 4) is 0 Å². The molecule has 0 radical (unpaired) electrons. The Kier molecular flexibility index (Phi) is 3.69. The summed E-state index contributed by atoms with van der Waals surface area (Å²) in [6, 6.07) is 4.36. The zero-order valence-corrected chi connectivity index (χ0v) is 11.4. The summed E-state index contributed by atoms with van der Waals surface area (Å²) in [6.45, 7) is 4.44. The van der Waals surface area contributed by atoms with E-state index < -0.39 is 0 Å². The van der Waals surface area contributed by atoms with Crippen molar-refractivity contribution in [3.63, 3.8) is 0 Å². The van der Waals surface area contributed by atoms with Crippen LogP contribution in [0.4, 0.5) is 0 Å². The highest BCUT2D eigenvalue weighted by Gasteiger charge is 2.21. The Morgan fingerprint density at radius 3 is 3.26 bits per heavy atom. The van der Waals surface area contributed by atoms with Gasteiger partial charge in [0.25, 0.3) is 0 Å². The van der Waals surface area contributed by atoms with E-state index in [4.69, 9.17) is 4.42 Å². The predicted octanol–water partition coefficient (Wildman–Crippen LogP) is 2.75. The molecule has 3 heterocycles. The summed E-state index contributed by atoms with van der Waals surface area (Å²) in [6.07, 6.45) is 9.14. The average molecular weight is 259 g/mol. The molecule has 0 spiro atoms. The van der Waals surface area contributed by atoms with Gasteiger partial charge in [0.1, 0.15) is 5.76 Å². The van der Waals surface area contributed by atoms with Gasteiger partial charge in [0.15, 0.2) is 0 Å². The van der Waals surface area contributed by atoms with Gasteiger partial charge in [0.05, 0.1) is 12.6 Å². The lowest BCUT2D eigenvalue weighted by molar-refractivity contribution is 0.406. The van der Waals surface area contributed by atoms with Crippen LogP contribution in [0.1, 0.15) is 43.2 Å². The topological polar surface area (TPSA) is 43.0 Å². The van der Waals surface area contributed by atoms with Gasteiger partial charge in [0, 0.05) is 36.8 Å². The molecule has 19 heavy (non-hydrogen) atoms. The lowest BCUT2D eigenvalue weighted by Gasteiger charge is -2.25. The Morgan fingerprint density at radius 2 is 2.53 bits per heavy atom. The van der Waals surface area contributed by atoms with Crippen molar-refractivity contribution in [1.29, 1.82) is 0 Å². The Hall–Kier alpha value is -1.55. The SMILES string of the molecule is CC(Cc1ccco1)n1cncc1C1CCCNC1. The molecule has 3 rings (SSSR count). The van der Waals surface area contributed by atoms with Crippen LogP contribution in [-0.4, -0.2) is 22.6 Å². The minimum absolute atomic E-state index is 0.380. The van der Waals surface area contributed by atoms with Crippen molar-refractivity contribution in [2.75, 3.05) is 13.1 Å². The molecular formula is C15H21N3O. The second kappa shape index (κ2) is 5.61. The first-order chi connectivity index (χ1) is 9.34. The van der Waals surface area contributed by atoms with E-state index in [1.54, 1.807) is 6.26 Å². The van der Waals surface area contributed by atoms with E-state index in [9.17, 15) is 0 Å². The van der Waals surface area contributed by atoms with Gasteiger partial charge >= 0.3 is 0 Å². The third kappa shape index (κ3) is 2.73. The summed E-state index contributed by atoms with van der Waals surface area (Å²) < 4.78 is 7.75. The summed E-state index contributed by atoms with van der Waals surface area (Å²) in [5.41, 5.74) is 1.35. The minimum atomic E-state index is 0.380. The lowest BCUT2D eigenvalue weighted by Crippen LogP contribution is -2.30. The van der Waals surface area contributed by atoms with Crippen LogP contribution in [0.3, 0.4) is 0 Å². The van der Waals surface area contributed by atoms with E-state index in [-0.39, 0.29) is 0 Å². The lowest BCUT2D eigenvalue weighted by atomic mass is 9.96. The van der Waals surface area contributed by atoms with Crippen LogP contribution in [0, 0.1) is 0 Å². The van der Waals surface area contributed by atoms with Crippen molar-refractivity contribution in [1.82, 2.24) is 14.9 Å². The molecule has 2 aromatic rings. The van der Waals surface area contributed by atoms with Crippen LogP contribution in [0.2, 0.25) is 0 Å². The van der Waals surface area contributed by atoms with Gasteiger partial charge in [-0.1, -0.05) is 0 Å². The molecule has 4 heteroatoms. The monoisotopic (exact) mass is 259 g/mol. The van der Waals surface area contributed by atoms with Gasteiger partial charge in [0.2, 0.25) is 0 Å². The molecule has 1 aliphatic rings. The molecule has 0 saturated carbocycles. The van der Waals surface area contributed by atoms with E-state index in [1.165, 1.54) is 18.5 Å². The highest BCUT2D eigenvalue weighted by Crippen LogP contribution is 2.26. The molecule has 1 saturated heterocycles. The molecule has 0 bridgehead atoms. The fraction of sp³-hybridized carbons (Fsp3) is 0.533. The first-order valence-corrected chi connectivity index (χ1v) is 7.09. The smallest absolute Gasteiger partial charge is 0.105 e. The molecular weight excluding hydrogens is 238 g/mol. The summed E-state index contributed by atoms with van der Waals surface area (Å²) in [5, 5.41) is 3.48. The van der Waals surface area contributed by atoms with Crippen LogP contribution in [0.5, 0.6) is 0 Å². The number of nitrogens with zero attached hydrogens (tertiary/aromatic N) is 2. The maximum atomic E-state index is 5.44. The quantitative estimate of drug-likeness (QED) is 0.918. The highest BCUT2D eigenvalue weighted by molar-refractivity contribution is 5.10. The zero-order chi connectivity index (χ0) is 13.1. The van der Waals surface area contributed by atoms with Crippen LogP contribution in [0.15, 0.2) is 35.3 Å². The van der Waals surface area contributed by atoms with Gasteiger partial charge in [-0.3, -0.25) is 0 Å². The normalized spacial score (nSPS) is 21.4. The molecule has 102 valence electrons. The second-order valence-corrected chi connectivity index (χ2v) is 5.40. The molecule has 1 N–H and O–H groups in total. The number of aromatic nitrogens is 2. The molecule has 0 aromatic carbocycles. The Bertz CT molecular complexity index is 497. The Morgan fingerprint density at radius 1 is 1.58 bits per heavy atom. The van der Waals surface area contributed by atoms with Crippen LogP contribution in [0.25, 0.3) is 0 Å². The summed E-state index contributed by atoms with van der Waals surface area (Å²) in [4.78, 5) is 4.35. The van der Waals surface area contributed by atoms with Crippen LogP contribution >= 0.6 is 0 Å². The number of furan rings is 1. The molecule has 1 aliphatic heterocycles. The van der Waals surface area contributed by atoms with Crippen molar-refractivity contribution in [2.45, 2.75) is 38.1 Å². The molecule has 0 amide bonds. The van der Waals surface area contributed by atoms with Gasteiger partial charge < -0.3 is 14.3 Å². The van der Waals surface area contributed by atoms with E-state index >= 15 is 0 Å². The van der Waals surface area contributed by atoms with E-state index in [2.05, 4.69) is 21.8 Å². The standard InChI is InChI=1S/C15H21N3O/c1-12(8-14-5-3-7-19-14)18-11-17-10-15(18)13-4-2-6-16-9-13/h3,5,7,10-13,16H,2,4,6,8-9H2,1H3. The largest absolute Gasteiger partial charge is 0.469 e. The average Bonchev–Trinajstić information content (AvgIpc) is 3.10. The number of piperidine rings is 1. The maximum Gasteiger partial charge on any atom is 0.105 e. The molecule has 4 nitrogen and oxygen atoms in total. The maximum absolute atomic E-state index is 5.44. The molecule has 2 unspecified atom stereocenters. The van der Waals surface area contributed by atoms with Gasteiger partial charge in [-0.2, -0.15) is 0 Å². The first-order valence-electron chi connectivity index (χ1n) is 7.09. The van der Waals surface area contributed by atoms with Gasteiger partial charge in [-0.05, 0) is 38.4 Å². The number of nitrogens with one attached hydrogen (secondary N) is 1. The highest BCUT2D eigenvalue weighted by atomic mass is 16.3. The minimum Gasteiger partial charge on any atom is -0.469 e. The first kappa shape index (κ1) is 12.5. The molecule has 1 fully saturated rings. The summed E-state index contributed by atoms with van der Waals surface area (Å²) in [5.74, 6) is 1.63. The van der Waals surface area contributed by atoms with Gasteiger partial charge in [-0.15, -0.1) is 0 Å². The van der Waals surface area contributed by atoms with Crippen molar-refractivity contribution >= 4 is 0 Å². The summed E-state index contributed by atoms with van der Waals surface area (Å²) >= 11 is 0. The third-order valence-electron chi connectivity index (χ3n) is 3.96. The molecule has 2 aromatic heterocycles. The fourth-order valence-corrected chi connectivity index (χ4v) is 2.92. The predicted molar refractivity (Wildman–Crippen MR) is 74.2 cm³/mol. The van der Waals surface area contributed by atoms with Crippen LogP contribution < -0.4 is 5.32 Å². The number of hydrogen-bond acceptors (Lipinski definition) is 3. The van der Waals surface area contributed by atoms with E-state index in [0.29, 0.717) is 12.0 Å². The number of imidazole rings is 1. The fourth-order valence-electron chi connectivity index (χ4n) is 2.92. The van der Waals surface area contributed by atoms with Crippen LogP contribution in [-0.2, 0) is 6.42 Å². The number of hydrogen-bond donors (Lipinski definition) is 1. The summed E-state index contributed by atoms with van der Waals surface area (Å²) in [7, 11) is 0. The van der Waals surface area contributed by atoms with E-state index in [1.807, 2.05) is 24.7 Å². The van der Waals surface area contributed by atoms with Crippen molar-refractivity contribution < 1.29 is 4.42 Å². The third-order valence-corrected chi connectivity index (χ3v) is 3.96. The molecule has 0 aliphatic carbocycles.